The highest BCUT2D eigenvalue weighted by atomic mass is 16.7. The fraction of sp³-hybridized carbons (Fsp3) is 0.600. The van der Waals surface area contributed by atoms with Gasteiger partial charge in [0.25, 0.3) is 0 Å². The molecule has 0 amide bonds. The van der Waals surface area contributed by atoms with E-state index in [0.29, 0.717) is 12.8 Å². The van der Waals surface area contributed by atoms with Crippen LogP contribution in [0.25, 0.3) is 0 Å². The van der Waals surface area contributed by atoms with Crippen LogP contribution in [-0.2, 0) is 6.54 Å². The van der Waals surface area contributed by atoms with Crippen molar-refractivity contribution in [3.8, 4) is 11.5 Å². The molecule has 0 spiro atoms. The molecule has 0 aliphatic carbocycles. The van der Waals surface area contributed by atoms with Gasteiger partial charge in [-0.15, -0.1) is 0 Å². The average Bonchev–Trinajstić information content (AvgIpc) is 2.93. The van der Waals surface area contributed by atoms with Gasteiger partial charge in [0.05, 0.1) is 0 Å². The third-order valence-corrected chi connectivity index (χ3v) is 4.05. The van der Waals surface area contributed by atoms with Crippen LogP contribution in [-0.4, -0.2) is 37.4 Å². The third-order valence-electron chi connectivity index (χ3n) is 4.05. The van der Waals surface area contributed by atoms with E-state index in [1.165, 1.54) is 18.4 Å². The van der Waals surface area contributed by atoms with Crippen LogP contribution in [0.15, 0.2) is 18.2 Å². The number of hydrogen-bond donors (Lipinski definition) is 1. The fourth-order valence-electron chi connectivity index (χ4n) is 2.94. The van der Waals surface area contributed by atoms with E-state index < -0.39 is 0 Å². The molecular formula is C15H22N2O2. The molecule has 0 bridgehead atoms. The number of piperidine rings is 1. The Bertz CT molecular complexity index is 430. The number of nitrogens with zero attached hydrogens (tertiary/aromatic N) is 1. The smallest absolute Gasteiger partial charge is 0.231 e. The van der Waals surface area contributed by atoms with Crippen molar-refractivity contribution in [2.45, 2.75) is 32.4 Å². The zero-order chi connectivity index (χ0) is 13.1. The average molecular weight is 262 g/mol. The van der Waals surface area contributed by atoms with Crippen LogP contribution in [0.1, 0.15) is 25.3 Å². The van der Waals surface area contributed by atoms with E-state index in [1.54, 1.807) is 0 Å². The van der Waals surface area contributed by atoms with Crippen LogP contribution in [0.4, 0.5) is 0 Å². The van der Waals surface area contributed by atoms with E-state index in [4.69, 9.17) is 9.47 Å². The highest BCUT2D eigenvalue weighted by molar-refractivity contribution is 5.44. The lowest BCUT2D eigenvalue weighted by Crippen LogP contribution is -2.42. The van der Waals surface area contributed by atoms with Crippen molar-refractivity contribution in [3.05, 3.63) is 23.8 Å². The Kier molecular flexibility index (Phi) is 3.89. The molecule has 1 aromatic carbocycles. The van der Waals surface area contributed by atoms with E-state index in [0.717, 1.165) is 37.7 Å². The standard InChI is InChI=1S/C15H22N2O2/c1-2-17(13-5-7-16-8-6-13)10-12-3-4-14-15(9-12)19-11-18-14/h3-4,9,13,16H,2,5-8,10-11H2,1H3. The second kappa shape index (κ2) is 5.80. The Balaban J connectivity index is 1.68. The van der Waals surface area contributed by atoms with Gasteiger partial charge < -0.3 is 14.8 Å². The first-order valence-corrected chi connectivity index (χ1v) is 7.20. The number of nitrogens with one attached hydrogen (secondary N) is 1. The van der Waals surface area contributed by atoms with Crippen molar-refractivity contribution in [2.24, 2.45) is 0 Å². The topological polar surface area (TPSA) is 33.7 Å². The summed E-state index contributed by atoms with van der Waals surface area (Å²) in [5.41, 5.74) is 1.31. The zero-order valence-corrected chi connectivity index (χ0v) is 11.5. The maximum absolute atomic E-state index is 5.45. The zero-order valence-electron chi connectivity index (χ0n) is 11.5. The summed E-state index contributed by atoms with van der Waals surface area (Å²) < 4.78 is 10.8. The third kappa shape index (κ3) is 2.85. The first kappa shape index (κ1) is 12.8. The van der Waals surface area contributed by atoms with Crippen molar-refractivity contribution in [2.75, 3.05) is 26.4 Å². The Labute approximate surface area is 114 Å². The van der Waals surface area contributed by atoms with Crippen LogP contribution in [0.2, 0.25) is 0 Å². The van der Waals surface area contributed by atoms with E-state index in [-0.39, 0.29) is 0 Å². The van der Waals surface area contributed by atoms with Gasteiger partial charge in [-0.05, 0) is 50.2 Å². The lowest BCUT2D eigenvalue weighted by atomic mass is 10.0. The summed E-state index contributed by atoms with van der Waals surface area (Å²) in [7, 11) is 0. The molecule has 0 atom stereocenters. The van der Waals surface area contributed by atoms with Crippen molar-refractivity contribution < 1.29 is 9.47 Å². The van der Waals surface area contributed by atoms with Crippen molar-refractivity contribution >= 4 is 0 Å². The molecule has 1 saturated heterocycles. The maximum Gasteiger partial charge on any atom is 0.231 e. The molecule has 4 nitrogen and oxygen atoms in total. The minimum absolute atomic E-state index is 0.352. The first-order chi connectivity index (χ1) is 9.36. The number of rotatable bonds is 4. The lowest BCUT2D eigenvalue weighted by Gasteiger charge is -2.33. The van der Waals surface area contributed by atoms with Gasteiger partial charge in [-0.25, -0.2) is 0 Å². The quantitative estimate of drug-likeness (QED) is 0.899. The largest absolute Gasteiger partial charge is 0.454 e. The van der Waals surface area contributed by atoms with Gasteiger partial charge in [0.15, 0.2) is 11.5 Å². The van der Waals surface area contributed by atoms with E-state index >= 15 is 0 Å². The predicted molar refractivity (Wildman–Crippen MR) is 74.5 cm³/mol. The van der Waals surface area contributed by atoms with Crippen LogP contribution in [0.3, 0.4) is 0 Å². The van der Waals surface area contributed by atoms with Gasteiger partial charge in [0.1, 0.15) is 0 Å². The summed E-state index contributed by atoms with van der Waals surface area (Å²) in [5.74, 6) is 1.76. The minimum atomic E-state index is 0.352. The molecule has 104 valence electrons. The number of ether oxygens (including phenoxy) is 2. The van der Waals surface area contributed by atoms with E-state index in [2.05, 4.69) is 29.3 Å². The summed E-state index contributed by atoms with van der Waals surface area (Å²) in [6.07, 6.45) is 2.50. The highest BCUT2D eigenvalue weighted by Crippen LogP contribution is 2.33. The second-order valence-corrected chi connectivity index (χ2v) is 5.23. The molecule has 3 rings (SSSR count). The van der Waals surface area contributed by atoms with Gasteiger partial charge >= 0.3 is 0 Å². The van der Waals surface area contributed by atoms with Gasteiger partial charge in [0, 0.05) is 12.6 Å². The van der Waals surface area contributed by atoms with Crippen LogP contribution < -0.4 is 14.8 Å². The summed E-state index contributed by atoms with van der Waals surface area (Å²) in [6.45, 7) is 6.97. The van der Waals surface area contributed by atoms with Gasteiger partial charge in [-0.1, -0.05) is 13.0 Å². The lowest BCUT2D eigenvalue weighted by molar-refractivity contribution is 0.162. The predicted octanol–water partition coefficient (Wildman–Crippen LogP) is 1.99. The Hall–Kier alpha value is -1.26. The summed E-state index contributed by atoms with van der Waals surface area (Å²) in [6, 6.07) is 6.99. The summed E-state index contributed by atoms with van der Waals surface area (Å²) in [5, 5.41) is 3.43. The molecule has 2 heterocycles. The van der Waals surface area contributed by atoms with Gasteiger partial charge in [-0.2, -0.15) is 0 Å². The van der Waals surface area contributed by atoms with Crippen LogP contribution in [0, 0.1) is 0 Å². The monoisotopic (exact) mass is 262 g/mol. The molecule has 0 radical (unpaired) electrons. The molecule has 0 aromatic heterocycles. The first-order valence-electron chi connectivity index (χ1n) is 7.20. The summed E-state index contributed by atoms with van der Waals surface area (Å²) >= 11 is 0. The number of fused-ring (bicyclic) bond motifs is 1. The SMILES string of the molecule is CCN(Cc1ccc2c(c1)OCO2)C1CCNCC1. The van der Waals surface area contributed by atoms with Gasteiger partial charge in [-0.3, -0.25) is 4.90 Å². The summed E-state index contributed by atoms with van der Waals surface area (Å²) in [4.78, 5) is 2.57. The Morgan fingerprint density at radius 1 is 1.21 bits per heavy atom. The number of benzene rings is 1. The van der Waals surface area contributed by atoms with E-state index in [1.807, 2.05) is 6.07 Å². The molecule has 1 aromatic rings. The molecule has 2 aliphatic heterocycles. The Morgan fingerprint density at radius 3 is 2.79 bits per heavy atom. The molecule has 2 aliphatic rings. The van der Waals surface area contributed by atoms with Crippen molar-refractivity contribution in [1.82, 2.24) is 10.2 Å². The molecule has 19 heavy (non-hydrogen) atoms. The molecule has 4 heteroatoms. The molecule has 1 fully saturated rings. The highest BCUT2D eigenvalue weighted by Gasteiger charge is 2.20. The normalized spacial score (nSPS) is 19.1. The van der Waals surface area contributed by atoms with Crippen molar-refractivity contribution in [1.29, 1.82) is 0 Å². The Morgan fingerprint density at radius 2 is 2.00 bits per heavy atom. The second-order valence-electron chi connectivity index (χ2n) is 5.23. The molecule has 1 N–H and O–H groups in total. The molecule has 0 saturated carbocycles. The molecule has 0 unspecified atom stereocenters. The van der Waals surface area contributed by atoms with Crippen molar-refractivity contribution in [3.63, 3.8) is 0 Å². The van der Waals surface area contributed by atoms with Crippen LogP contribution >= 0.6 is 0 Å². The minimum Gasteiger partial charge on any atom is -0.454 e. The van der Waals surface area contributed by atoms with E-state index in [9.17, 15) is 0 Å². The van der Waals surface area contributed by atoms with Gasteiger partial charge in [0.2, 0.25) is 6.79 Å². The van der Waals surface area contributed by atoms with Crippen LogP contribution in [0.5, 0.6) is 11.5 Å². The fourth-order valence-corrected chi connectivity index (χ4v) is 2.94. The number of hydrogen-bond acceptors (Lipinski definition) is 4. The maximum atomic E-state index is 5.45. The molecular weight excluding hydrogens is 240 g/mol.